The summed E-state index contributed by atoms with van der Waals surface area (Å²) in [6.45, 7) is 5.78. The number of carbonyl (C=O) groups is 1. The zero-order valence-corrected chi connectivity index (χ0v) is 11.1. The number of likely N-dealkylation sites (N-methyl/N-ethyl adjacent to an activating group) is 1. The minimum absolute atomic E-state index is 0.0408. The molecule has 1 aromatic rings. The van der Waals surface area contributed by atoms with Crippen LogP contribution in [-0.4, -0.2) is 24.5 Å². The first-order valence-electron chi connectivity index (χ1n) is 5.48. The number of hydrogen-bond acceptors (Lipinski definition) is 3. The van der Waals surface area contributed by atoms with Crippen molar-refractivity contribution in [2.24, 2.45) is 0 Å². The van der Waals surface area contributed by atoms with E-state index in [1.54, 1.807) is 18.4 Å². The lowest BCUT2D eigenvalue weighted by atomic mass is 10.0. The molecule has 0 aliphatic heterocycles. The van der Waals surface area contributed by atoms with Gasteiger partial charge in [0.2, 0.25) is 5.91 Å². The third-order valence-corrected chi connectivity index (χ3v) is 3.56. The fourth-order valence-electron chi connectivity index (χ4n) is 1.30. The number of carbonyl (C=O) groups excluding carboxylic acids is 1. The van der Waals surface area contributed by atoms with Gasteiger partial charge in [0.05, 0.1) is 5.54 Å². The molecule has 1 aromatic heterocycles. The zero-order valence-electron chi connectivity index (χ0n) is 10.3. The van der Waals surface area contributed by atoms with E-state index in [0.29, 0.717) is 0 Å². The van der Waals surface area contributed by atoms with Gasteiger partial charge in [-0.1, -0.05) is 6.07 Å². The summed E-state index contributed by atoms with van der Waals surface area (Å²) < 4.78 is 0. The molecule has 3 nitrogen and oxygen atoms in total. The van der Waals surface area contributed by atoms with Gasteiger partial charge in [-0.3, -0.25) is 4.79 Å². The average molecular weight is 240 g/mol. The van der Waals surface area contributed by atoms with E-state index in [2.05, 4.69) is 22.1 Å². The second kappa shape index (κ2) is 5.46. The van der Waals surface area contributed by atoms with E-state index in [1.165, 1.54) is 4.88 Å². The minimum Gasteiger partial charge on any atom is -0.352 e. The molecule has 0 saturated carbocycles. The predicted molar refractivity (Wildman–Crippen MR) is 68.8 cm³/mol. The summed E-state index contributed by atoms with van der Waals surface area (Å²) in [5.74, 6) is 0.0408. The number of hydrogen-bond donors (Lipinski definition) is 2. The summed E-state index contributed by atoms with van der Waals surface area (Å²) in [7, 11) is 1.80. The fraction of sp³-hybridized carbons (Fsp3) is 0.583. The van der Waals surface area contributed by atoms with Crippen LogP contribution in [0.25, 0.3) is 0 Å². The van der Waals surface area contributed by atoms with Gasteiger partial charge in [0.15, 0.2) is 0 Å². The Labute approximate surface area is 101 Å². The molecule has 0 aromatic carbocycles. The van der Waals surface area contributed by atoms with Crippen molar-refractivity contribution < 1.29 is 4.79 Å². The van der Waals surface area contributed by atoms with Gasteiger partial charge in [-0.2, -0.15) is 0 Å². The van der Waals surface area contributed by atoms with Gasteiger partial charge >= 0.3 is 0 Å². The molecule has 0 spiro atoms. The largest absolute Gasteiger partial charge is 0.352 e. The highest BCUT2D eigenvalue weighted by atomic mass is 32.1. The second-order valence-electron chi connectivity index (χ2n) is 4.53. The zero-order chi connectivity index (χ0) is 12.2. The van der Waals surface area contributed by atoms with E-state index < -0.39 is 5.54 Å². The van der Waals surface area contributed by atoms with Crippen molar-refractivity contribution in [1.29, 1.82) is 0 Å². The molecule has 0 aliphatic rings. The Morgan fingerprint density at radius 2 is 2.25 bits per heavy atom. The molecule has 1 rings (SSSR count). The molecule has 90 valence electrons. The molecule has 2 N–H and O–H groups in total. The summed E-state index contributed by atoms with van der Waals surface area (Å²) in [6.07, 6.45) is 0.892. The molecule has 16 heavy (non-hydrogen) atoms. The summed E-state index contributed by atoms with van der Waals surface area (Å²) in [4.78, 5) is 13.2. The smallest absolute Gasteiger partial charge is 0.239 e. The summed E-state index contributed by atoms with van der Waals surface area (Å²) in [6, 6.07) is 4.29. The highest BCUT2D eigenvalue weighted by Crippen LogP contribution is 2.11. The van der Waals surface area contributed by atoms with E-state index in [1.807, 2.05) is 26.8 Å². The van der Waals surface area contributed by atoms with E-state index >= 15 is 0 Å². The van der Waals surface area contributed by atoms with Gasteiger partial charge in [0, 0.05) is 17.3 Å². The molecular formula is C12H20N2OS. The molecule has 0 bridgehead atoms. The molecule has 1 unspecified atom stereocenters. The summed E-state index contributed by atoms with van der Waals surface area (Å²) in [5, 5.41) is 8.07. The topological polar surface area (TPSA) is 41.1 Å². The molecule has 1 amide bonds. The maximum absolute atomic E-state index is 11.9. The quantitative estimate of drug-likeness (QED) is 0.824. The van der Waals surface area contributed by atoms with Gasteiger partial charge < -0.3 is 10.6 Å². The van der Waals surface area contributed by atoms with Crippen LogP contribution >= 0.6 is 11.3 Å². The first-order valence-corrected chi connectivity index (χ1v) is 6.36. The van der Waals surface area contributed by atoms with Gasteiger partial charge in [-0.05, 0) is 39.3 Å². The Balaban J connectivity index is 2.46. The highest BCUT2D eigenvalue weighted by Gasteiger charge is 2.26. The van der Waals surface area contributed by atoms with Crippen LogP contribution in [0, 0.1) is 0 Å². The van der Waals surface area contributed by atoms with Gasteiger partial charge in [0.25, 0.3) is 0 Å². The van der Waals surface area contributed by atoms with Gasteiger partial charge in [-0.25, -0.2) is 0 Å². The van der Waals surface area contributed by atoms with E-state index in [9.17, 15) is 4.79 Å². The Bertz CT molecular complexity index is 333. The third-order valence-electron chi connectivity index (χ3n) is 2.66. The van der Waals surface area contributed by atoms with E-state index in [-0.39, 0.29) is 11.9 Å². The van der Waals surface area contributed by atoms with Crippen molar-refractivity contribution in [3.8, 4) is 0 Å². The lowest BCUT2D eigenvalue weighted by Gasteiger charge is -2.25. The summed E-state index contributed by atoms with van der Waals surface area (Å²) in [5.41, 5.74) is -0.510. The SMILES string of the molecule is CNC(C)(C)C(=O)NC(C)Cc1cccs1. The lowest BCUT2D eigenvalue weighted by molar-refractivity contribution is -0.126. The van der Waals surface area contributed by atoms with Crippen molar-refractivity contribution in [2.45, 2.75) is 38.8 Å². The van der Waals surface area contributed by atoms with Crippen LogP contribution in [0.15, 0.2) is 17.5 Å². The summed E-state index contributed by atoms with van der Waals surface area (Å²) >= 11 is 1.72. The van der Waals surface area contributed by atoms with Crippen LogP contribution in [0.2, 0.25) is 0 Å². The second-order valence-corrected chi connectivity index (χ2v) is 5.57. The van der Waals surface area contributed by atoms with E-state index in [4.69, 9.17) is 0 Å². The van der Waals surface area contributed by atoms with Crippen molar-refractivity contribution in [1.82, 2.24) is 10.6 Å². The normalized spacial score (nSPS) is 13.5. The Hall–Kier alpha value is -0.870. The van der Waals surface area contributed by atoms with Crippen LogP contribution in [0.3, 0.4) is 0 Å². The molecule has 0 fully saturated rings. The molecule has 4 heteroatoms. The maximum Gasteiger partial charge on any atom is 0.239 e. The van der Waals surface area contributed by atoms with Crippen molar-refractivity contribution in [3.63, 3.8) is 0 Å². The molecule has 0 aliphatic carbocycles. The molecule has 0 radical (unpaired) electrons. The lowest BCUT2D eigenvalue weighted by Crippen LogP contribution is -2.53. The van der Waals surface area contributed by atoms with Crippen LogP contribution in [0.4, 0.5) is 0 Å². The first kappa shape index (κ1) is 13.2. The Morgan fingerprint density at radius 3 is 2.75 bits per heavy atom. The Kier molecular flexibility index (Phi) is 4.50. The molecular weight excluding hydrogens is 220 g/mol. The predicted octanol–water partition coefficient (Wildman–Crippen LogP) is 1.79. The molecule has 0 saturated heterocycles. The van der Waals surface area contributed by atoms with Crippen LogP contribution in [0.1, 0.15) is 25.6 Å². The maximum atomic E-state index is 11.9. The first-order chi connectivity index (χ1) is 7.45. The van der Waals surface area contributed by atoms with Gasteiger partial charge in [0.1, 0.15) is 0 Å². The monoisotopic (exact) mass is 240 g/mol. The fourth-order valence-corrected chi connectivity index (χ4v) is 2.13. The minimum atomic E-state index is -0.510. The van der Waals surface area contributed by atoms with Crippen LogP contribution in [0.5, 0.6) is 0 Å². The highest BCUT2D eigenvalue weighted by molar-refractivity contribution is 7.09. The number of thiophene rings is 1. The molecule has 1 atom stereocenters. The average Bonchev–Trinajstić information content (AvgIpc) is 2.70. The van der Waals surface area contributed by atoms with Crippen molar-refractivity contribution >= 4 is 17.2 Å². The van der Waals surface area contributed by atoms with Crippen LogP contribution < -0.4 is 10.6 Å². The Morgan fingerprint density at radius 1 is 1.56 bits per heavy atom. The number of rotatable bonds is 5. The number of nitrogens with one attached hydrogen (secondary N) is 2. The van der Waals surface area contributed by atoms with E-state index in [0.717, 1.165) is 6.42 Å². The van der Waals surface area contributed by atoms with Crippen molar-refractivity contribution in [3.05, 3.63) is 22.4 Å². The van der Waals surface area contributed by atoms with Crippen LogP contribution in [-0.2, 0) is 11.2 Å². The standard InChI is InChI=1S/C12H20N2OS/c1-9(8-10-6-5-7-16-10)14-11(15)12(2,3)13-4/h5-7,9,13H,8H2,1-4H3,(H,14,15). The molecule has 1 heterocycles. The van der Waals surface area contributed by atoms with Crippen molar-refractivity contribution in [2.75, 3.05) is 7.05 Å². The van der Waals surface area contributed by atoms with Gasteiger partial charge in [-0.15, -0.1) is 11.3 Å². The third kappa shape index (κ3) is 3.61. The number of amides is 1.